The van der Waals surface area contributed by atoms with E-state index in [1.54, 1.807) is 0 Å². The number of rotatable bonds is 5. The number of nitrogens with one attached hydrogen (secondary N) is 1. The van der Waals surface area contributed by atoms with Crippen molar-refractivity contribution in [1.29, 1.82) is 0 Å². The van der Waals surface area contributed by atoms with E-state index in [1.165, 1.54) is 10.6 Å². The maximum atomic E-state index is 12.5. The molecular weight excluding hydrogens is 396 g/mol. The molecule has 0 unspecified atom stereocenters. The molecule has 0 radical (unpaired) electrons. The van der Waals surface area contributed by atoms with Gasteiger partial charge in [0.15, 0.2) is 0 Å². The maximum Gasteiger partial charge on any atom is 0.228 e. The Kier molecular flexibility index (Phi) is 5.70. The van der Waals surface area contributed by atoms with E-state index in [0.29, 0.717) is 25.2 Å². The quantitative estimate of drug-likeness (QED) is 0.682. The summed E-state index contributed by atoms with van der Waals surface area (Å²) in [6, 6.07) is 23.8. The summed E-state index contributed by atoms with van der Waals surface area (Å²) in [4.78, 5) is 12.5. The predicted molar refractivity (Wildman–Crippen MR) is 120 cm³/mol. The Balaban J connectivity index is 1.41. The summed E-state index contributed by atoms with van der Waals surface area (Å²) in [5.41, 5.74) is 5.96. The van der Waals surface area contributed by atoms with Crippen molar-refractivity contribution in [3.63, 3.8) is 0 Å². The molecule has 0 aromatic heterocycles. The predicted octanol–water partition coefficient (Wildman–Crippen LogP) is 3.85. The fourth-order valence-electron chi connectivity index (χ4n) is 3.73. The summed E-state index contributed by atoms with van der Waals surface area (Å²) >= 11 is 0. The minimum Gasteiger partial charge on any atom is -0.326 e. The lowest BCUT2D eigenvalue weighted by Crippen LogP contribution is -2.35. The van der Waals surface area contributed by atoms with Crippen molar-refractivity contribution in [2.45, 2.75) is 19.4 Å². The molecule has 1 aliphatic rings. The molecule has 4 rings (SSSR count). The highest BCUT2D eigenvalue weighted by Gasteiger charge is 2.23. The number of carbonyl (C=O) groups is 1. The van der Waals surface area contributed by atoms with Gasteiger partial charge in [0.2, 0.25) is 15.9 Å². The molecule has 0 aliphatic carbocycles. The maximum absolute atomic E-state index is 12.5. The molecule has 3 aromatic carbocycles. The molecule has 5 nitrogen and oxygen atoms in total. The molecule has 1 amide bonds. The fourth-order valence-corrected chi connectivity index (χ4v) is 4.52. The smallest absolute Gasteiger partial charge is 0.228 e. The normalized spacial score (nSPS) is 14.2. The zero-order valence-electron chi connectivity index (χ0n) is 16.8. The van der Waals surface area contributed by atoms with Crippen molar-refractivity contribution < 1.29 is 13.2 Å². The van der Waals surface area contributed by atoms with E-state index in [-0.39, 0.29) is 12.3 Å². The van der Waals surface area contributed by atoms with Crippen molar-refractivity contribution in [1.82, 2.24) is 4.31 Å². The van der Waals surface area contributed by atoms with Gasteiger partial charge in [0, 0.05) is 18.8 Å². The highest BCUT2D eigenvalue weighted by Crippen LogP contribution is 2.24. The van der Waals surface area contributed by atoms with Gasteiger partial charge < -0.3 is 5.32 Å². The summed E-state index contributed by atoms with van der Waals surface area (Å²) in [7, 11) is -3.22. The molecule has 1 aliphatic heterocycles. The molecule has 0 atom stereocenters. The average molecular weight is 421 g/mol. The van der Waals surface area contributed by atoms with Crippen molar-refractivity contribution in [3.8, 4) is 11.1 Å². The minimum atomic E-state index is -3.22. The molecule has 1 heterocycles. The Morgan fingerprint density at radius 3 is 2.33 bits per heavy atom. The van der Waals surface area contributed by atoms with Gasteiger partial charge in [-0.1, -0.05) is 60.7 Å². The molecule has 154 valence electrons. The molecule has 1 N–H and O–H groups in total. The van der Waals surface area contributed by atoms with Gasteiger partial charge in [-0.15, -0.1) is 0 Å². The molecular formula is C24H24N2O3S. The van der Waals surface area contributed by atoms with E-state index in [1.807, 2.05) is 60.7 Å². The number of nitrogens with zero attached hydrogens (tertiary/aromatic N) is 1. The third-order valence-corrected chi connectivity index (χ3v) is 6.61. The van der Waals surface area contributed by atoms with Crippen molar-refractivity contribution >= 4 is 21.6 Å². The topological polar surface area (TPSA) is 66.5 Å². The first-order valence-corrected chi connectivity index (χ1v) is 11.7. The Morgan fingerprint density at radius 1 is 0.933 bits per heavy atom. The standard InChI is InChI=1S/C24H24N2O3S/c1-30(28,29)26-14-13-21-11-12-23(16-22(21)17-26)25-24(27)15-18-7-9-20(10-8-18)19-5-3-2-4-6-19/h2-12,16H,13-15,17H2,1H3,(H,25,27). The van der Waals surface area contributed by atoms with Crippen LogP contribution in [0.1, 0.15) is 16.7 Å². The molecule has 0 saturated heterocycles. The van der Waals surface area contributed by atoms with Gasteiger partial charge in [-0.05, 0) is 46.4 Å². The summed E-state index contributed by atoms with van der Waals surface area (Å²) in [6.07, 6.45) is 2.19. The second kappa shape index (κ2) is 8.42. The van der Waals surface area contributed by atoms with Crippen molar-refractivity contribution in [3.05, 3.63) is 89.5 Å². The summed E-state index contributed by atoms with van der Waals surface area (Å²) in [5.74, 6) is -0.0989. The first kappa shape index (κ1) is 20.3. The van der Waals surface area contributed by atoms with Crippen LogP contribution in [0.5, 0.6) is 0 Å². The zero-order valence-corrected chi connectivity index (χ0v) is 17.7. The Morgan fingerprint density at radius 2 is 1.63 bits per heavy atom. The van der Waals surface area contributed by atoms with E-state index >= 15 is 0 Å². The van der Waals surface area contributed by atoms with Crippen LogP contribution in [-0.4, -0.2) is 31.4 Å². The lowest BCUT2D eigenvalue weighted by atomic mass is 10.0. The van der Waals surface area contributed by atoms with Crippen molar-refractivity contribution in [2.75, 3.05) is 18.1 Å². The number of benzene rings is 3. The van der Waals surface area contributed by atoms with E-state index in [4.69, 9.17) is 0 Å². The first-order valence-electron chi connectivity index (χ1n) is 9.90. The molecule has 0 fully saturated rings. The number of carbonyl (C=O) groups excluding carboxylic acids is 1. The van der Waals surface area contributed by atoms with Gasteiger partial charge in [0.25, 0.3) is 0 Å². The zero-order chi connectivity index (χ0) is 21.1. The fraction of sp³-hybridized carbons (Fsp3) is 0.208. The van der Waals surface area contributed by atoms with E-state index < -0.39 is 10.0 Å². The summed E-state index contributed by atoms with van der Waals surface area (Å²) < 4.78 is 25.1. The van der Waals surface area contributed by atoms with Crippen molar-refractivity contribution in [2.24, 2.45) is 0 Å². The van der Waals surface area contributed by atoms with E-state index in [2.05, 4.69) is 17.4 Å². The van der Waals surface area contributed by atoms with Crippen LogP contribution in [0.3, 0.4) is 0 Å². The molecule has 6 heteroatoms. The third kappa shape index (κ3) is 4.78. The number of amides is 1. The molecule has 0 bridgehead atoms. The molecule has 3 aromatic rings. The number of hydrogen-bond donors (Lipinski definition) is 1. The van der Waals surface area contributed by atoms with E-state index in [9.17, 15) is 13.2 Å². The largest absolute Gasteiger partial charge is 0.326 e. The lowest BCUT2D eigenvalue weighted by Gasteiger charge is -2.27. The van der Waals surface area contributed by atoms with Crippen LogP contribution in [-0.2, 0) is 34.2 Å². The van der Waals surface area contributed by atoms with Crippen LogP contribution in [0.4, 0.5) is 5.69 Å². The molecule has 0 spiro atoms. The number of fused-ring (bicyclic) bond motifs is 1. The minimum absolute atomic E-state index is 0.0989. The van der Waals surface area contributed by atoms with Crippen LogP contribution in [0.2, 0.25) is 0 Å². The van der Waals surface area contributed by atoms with Gasteiger partial charge in [-0.2, -0.15) is 4.31 Å². The number of sulfonamides is 1. The van der Waals surface area contributed by atoms with Crippen LogP contribution >= 0.6 is 0 Å². The van der Waals surface area contributed by atoms with Crippen LogP contribution in [0, 0.1) is 0 Å². The average Bonchev–Trinajstić information content (AvgIpc) is 2.73. The summed E-state index contributed by atoms with van der Waals surface area (Å²) in [6.45, 7) is 0.843. The number of hydrogen-bond acceptors (Lipinski definition) is 3. The van der Waals surface area contributed by atoms with Gasteiger partial charge >= 0.3 is 0 Å². The second-order valence-corrected chi connectivity index (χ2v) is 9.60. The summed E-state index contributed by atoms with van der Waals surface area (Å²) in [5, 5.41) is 2.93. The first-order chi connectivity index (χ1) is 14.4. The lowest BCUT2D eigenvalue weighted by molar-refractivity contribution is -0.115. The molecule has 0 saturated carbocycles. The van der Waals surface area contributed by atoms with Gasteiger partial charge in [0.05, 0.1) is 12.7 Å². The molecule has 30 heavy (non-hydrogen) atoms. The second-order valence-electron chi connectivity index (χ2n) is 7.62. The monoisotopic (exact) mass is 420 g/mol. The van der Waals surface area contributed by atoms with Crippen LogP contribution in [0.25, 0.3) is 11.1 Å². The highest BCUT2D eigenvalue weighted by atomic mass is 32.2. The van der Waals surface area contributed by atoms with Crippen LogP contribution in [0.15, 0.2) is 72.8 Å². The van der Waals surface area contributed by atoms with E-state index in [0.717, 1.165) is 27.8 Å². The highest BCUT2D eigenvalue weighted by molar-refractivity contribution is 7.88. The Labute approximate surface area is 177 Å². The Bertz CT molecular complexity index is 1160. The van der Waals surface area contributed by atoms with Crippen LogP contribution < -0.4 is 5.32 Å². The van der Waals surface area contributed by atoms with Gasteiger partial charge in [0.1, 0.15) is 0 Å². The SMILES string of the molecule is CS(=O)(=O)N1CCc2ccc(NC(=O)Cc3ccc(-c4ccccc4)cc3)cc2C1. The third-order valence-electron chi connectivity index (χ3n) is 5.36. The number of anilines is 1. The van der Waals surface area contributed by atoms with Gasteiger partial charge in [-0.3, -0.25) is 4.79 Å². The van der Waals surface area contributed by atoms with Gasteiger partial charge in [-0.25, -0.2) is 8.42 Å². The Hall–Kier alpha value is -2.96.